The highest BCUT2D eigenvalue weighted by Crippen LogP contribution is 2.47. The van der Waals surface area contributed by atoms with Crippen molar-refractivity contribution in [1.29, 1.82) is 0 Å². The number of anilines is 6. The third-order valence-electron chi connectivity index (χ3n) is 9.59. The summed E-state index contributed by atoms with van der Waals surface area (Å²) in [6, 6.07) is 68.2. The van der Waals surface area contributed by atoms with Crippen molar-refractivity contribution >= 4 is 77.2 Å². The fraction of sp³-hybridized carbons (Fsp3) is 0.0213. The molecule has 0 amide bonds. The smallest absolute Gasteiger partial charge is 0.0540 e. The third kappa shape index (κ3) is 5.06. The van der Waals surface area contributed by atoms with Crippen molar-refractivity contribution in [2.75, 3.05) is 9.80 Å². The number of nitrogens with zero attached hydrogens (tertiary/aromatic N) is 2. The number of aryl methyl sites for hydroxylation is 1. The van der Waals surface area contributed by atoms with Crippen LogP contribution in [-0.2, 0) is 0 Å². The van der Waals surface area contributed by atoms with Crippen LogP contribution < -0.4 is 9.80 Å². The molecule has 9 aromatic rings. The Balaban J connectivity index is 1.35. The van der Waals surface area contributed by atoms with Gasteiger partial charge in [-0.3, -0.25) is 0 Å². The summed E-state index contributed by atoms with van der Waals surface area (Å²) in [4.78, 5) is 4.90. The van der Waals surface area contributed by atoms with E-state index in [0.717, 1.165) is 34.1 Å². The summed E-state index contributed by atoms with van der Waals surface area (Å²) in [6.45, 7) is 2.21. The first-order valence-corrected chi connectivity index (χ1v) is 16.9. The number of rotatable bonds is 6. The van der Waals surface area contributed by atoms with Crippen molar-refractivity contribution in [3.05, 3.63) is 194 Å². The van der Waals surface area contributed by atoms with E-state index in [0.29, 0.717) is 0 Å². The predicted molar refractivity (Wildman–Crippen MR) is 211 cm³/mol. The van der Waals surface area contributed by atoms with Gasteiger partial charge in [-0.25, -0.2) is 0 Å². The monoisotopic (exact) mass is 626 g/mol. The fourth-order valence-corrected chi connectivity index (χ4v) is 7.43. The molecule has 2 nitrogen and oxygen atoms in total. The first-order valence-electron chi connectivity index (χ1n) is 16.9. The summed E-state index contributed by atoms with van der Waals surface area (Å²) in [7, 11) is 0. The van der Waals surface area contributed by atoms with Crippen LogP contribution in [-0.4, -0.2) is 0 Å². The molecule has 0 saturated carbocycles. The highest BCUT2D eigenvalue weighted by Gasteiger charge is 2.22. The second-order valence-electron chi connectivity index (χ2n) is 12.7. The lowest BCUT2D eigenvalue weighted by molar-refractivity contribution is 1.26. The summed E-state index contributed by atoms with van der Waals surface area (Å²) in [6.07, 6.45) is 0. The Hall–Kier alpha value is -6.38. The molecule has 0 radical (unpaired) electrons. The topological polar surface area (TPSA) is 6.48 Å². The molecule has 49 heavy (non-hydrogen) atoms. The van der Waals surface area contributed by atoms with Gasteiger partial charge in [-0.2, -0.15) is 0 Å². The molecule has 0 fully saturated rings. The van der Waals surface area contributed by atoms with Crippen LogP contribution >= 0.6 is 0 Å². The highest BCUT2D eigenvalue weighted by atomic mass is 15.2. The SMILES string of the molecule is Cc1cc(N(c2cccc3ccccc23)c2cccc3ccccc23)cc(N(c2cccc3ccccc23)c2cccc3ccccc23)c1. The van der Waals surface area contributed by atoms with Crippen LogP contribution in [0.2, 0.25) is 0 Å². The quantitative estimate of drug-likeness (QED) is 0.181. The molecule has 0 spiro atoms. The van der Waals surface area contributed by atoms with Crippen molar-refractivity contribution in [3.63, 3.8) is 0 Å². The van der Waals surface area contributed by atoms with Gasteiger partial charge in [-0.1, -0.05) is 146 Å². The van der Waals surface area contributed by atoms with Crippen LogP contribution in [0.25, 0.3) is 43.1 Å². The van der Waals surface area contributed by atoms with Gasteiger partial charge in [0.2, 0.25) is 0 Å². The maximum absolute atomic E-state index is 2.45. The van der Waals surface area contributed by atoms with Crippen LogP contribution in [0, 0.1) is 6.92 Å². The highest BCUT2D eigenvalue weighted by molar-refractivity contribution is 6.07. The zero-order chi connectivity index (χ0) is 32.7. The zero-order valence-corrected chi connectivity index (χ0v) is 27.3. The number of fused-ring (bicyclic) bond motifs is 4. The molecular formula is C47H34N2. The molecule has 0 bridgehead atoms. The van der Waals surface area contributed by atoms with E-state index >= 15 is 0 Å². The summed E-state index contributed by atoms with van der Waals surface area (Å²) < 4.78 is 0. The standard InChI is InChI=1S/C47H34N2/c1-33-30-38(48(44-26-10-18-34-14-2-6-22-40(34)44)45-27-11-19-35-15-3-7-23-41(35)45)32-39(31-33)49(46-28-12-20-36-16-4-8-24-42(36)46)47-29-13-21-37-17-5-9-25-43(37)47/h2-32H,1H3. The maximum atomic E-state index is 2.45. The average Bonchev–Trinajstić information content (AvgIpc) is 3.15. The van der Waals surface area contributed by atoms with Crippen LogP contribution in [0.1, 0.15) is 5.56 Å². The Labute approximate surface area is 286 Å². The van der Waals surface area contributed by atoms with Gasteiger partial charge in [0.25, 0.3) is 0 Å². The van der Waals surface area contributed by atoms with E-state index in [1.54, 1.807) is 0 Å². The van der Waals surface area contributed by atoms with E-state index in [9.17, 15) is 0 Å². The van der Waals surface area contributed by atoms with E-state index in [2.05, 4.69) is 205 Å². The molecule has 232 valence electrons. The van der Waals surface area contributed by atoms with Crippen LogP contribution in [0.15, 0.2) is 188 Å². The third-order valence-corrected chi connectivity index (χ3v) is 9.59. The minimum Gasteiger partial charge on any atom is -0.309 e. The van der Waals surface area contributed by atoms with Gasteiger partial charge in [0, 0.05) is 32.9 Å². The normalized spacial score (nSPS) is 11.4. The molecule has 0 aliphatic heterocycles. The molecule has 9 aromatic carbocycles. The second kappa shape index (κ2) is 12.0. The Morgan fingerprint density at radius 2 is 0.551 bits per heavy atom. The maximum Gasteiger partial charge on any atom is 0.0540 e. The molecule has 0 aliphatic carbocycles. The first kappa shape index (κ1) is 28.8. The molecule has 0 N–H and O–H groups in total. The fourth-order valence-electron chi connectivity index (χ4n) is 7.43. The van der Waals surface area contributed by atoms with Crippen LogP contribution in [0.5, 0.6) is 0 Å². The average molecular weight is 627 g/mol. The Kier molecular flexibility index (Phi) is 7.06. The van der Waals surface area contributed by atoms with E-state index in [1.165, 1.54) is 48.7 Å². The molecule has 0 aromatic heterocycles. The molecule has 0 atom stereocenters. The van der Waals surface area contributed by atoms with E-state index < -0.39 is 0 Å². The lowest BCUT2D eigenvalue weighted by Crippen LogP contribution is -2.14. The number of benzene rings is 9. The van der Waals surface area contributed by atoms with Gasteiger partial charge in [0.15, 0.2) is 0 Å². The molecule has 0 unspecified atom stereocenters. The minimum absolute atomic E-state index is 1.10. The summed E-state index contributed by atoms with van der Waals surface area (Å²) >= 11 is 0. The molecule has 0 heterocycles. The molecule has 0 aliphatic rings. The molecule has 0 saturated heterocycles. The van der Waals surface area contributed by atoms with Crippen molar-refractivity contribution in [1.82, 2.24) is 0 Å². The Morgan fingerprint density at radius 1 is 0.286 bits per heavy atom. The Morgan fingerprint density at radius 3 is 0.857 bits per heavy atom. The molecule has 2 heteroatoms. The van der Waals surface area contributed by atoms with Gasteiger partial charge in [-0.05, 0) is 76.5 Å². The van der Waals surface area contributed by atoms with Crippen molar-refractivity contribution in [2.24, 2.45) is 0 Å². The Bertz CT molecular complexity index is 2290. The summed E-state index contributed by atoms with van der Waals surface area (Å²) in [5, 5.41) is 9.69. The van der Waals surface area contributed by atoms with Gasteiger partial charge in [-0.15, -0.1) is 0 Å². The van der Waals surface area contributed by atoms with E-state index in [-0.39, 0.29) is 0 Å². The molecule has 9 rings (SSSR count). The van der Waals surface area contributed by atoms with Crippen LogP contribution in [0.3, 0.4) is 0 Å². The first-order chi connectivity index (χ1) is 24.2. The van der Waals surface area contributed by atoms with Crippen LogP contribution in [0.4, 0.5) is 34.1 Å². The second-order valence-corrected chi connectivity index (χ2v) is 12.7. The molecular weight excluding hydrogens is 593 g/mol. The van der Waals surface area contributed by atoms with Gasteiger partial charge in [0.05, 0.1) is 22.7 Å². The van der Waals surface area contributed by atoms with E-state index in [1.807, 2.05) is 0 Å². The lowest BCUT2D eigenvalue weighted by atomic mass is 10.0. The van der Waals surface area contributed by atoms with E-state index in [4.69, 9.17) is 0 Å². The zero-order valence-electron chi connectivity index (χ0n) is 27.3. The van der Waals surface area contributed by atoms with Gasteiger partial charge in [0.1, 0.15) is 0 Å². The van der Waals surface area contributed by atoms with Gasteiger partial charge >= 0.3 is 0 Å². The summed E-state index contributed by atoms with van der Waals surface area (Å²) in [5.74, 6) is 0. The van der Waals surface area contributed by atoms with Crippen molar-refractivity contribution in [2.45, 2.75) is 6.92 Å². The van der Waals surface area contributed by atoms with Crippen molar-refractivity contribution in [3.8, 4) is 0 Å². The number of hydrogen-bond donors (Lipinski definition) is 0. The number of hydrogen-bond acceptors (Lipinski definition) is 2. The van der Waals surface area contributed by atoms with Crippen molar-refractivity contribution < 1.29 is 0 Å². The summed E-state index contributed by atoms with van der Waals surface area (Å²) in [5.41, 5.74) is 7.98. The minimum atomic E-state index is 1.10. The van der Waals surface area contributed by atoms with Gasteiger partial charge < -0.3 is 9.80 Å². The lowest BCUT2D eigenvalue weighted by Gasteiger charge is -2.32. The predicted octanol–water partition coefficient (Wildman–Crippen LogP) is 13.5. The largest absolute Gasteiger partial charge is 0.309 e.